The van der Waals surface area contributed by atoms with Gasteiger partial charge in [-0.3, -0.25) is 24.7 Å². The van der Waals surface area contributed by atoms with Crippen molar-refractivity contribution in [3.63, 3.8) is 0 Å². The maximum Gasteiger partial charge on any atom is 0.416 e. The fourth-order valence-electron chi connectivity index (χ4n) is 3.50. The maximum atomic E-state index is 13.7. The van der Waals surface area contributed by atoms with Crippen molar-refractivity contribution in [3.8, 4) is 11.8 Å². The van der Waals surface area contributed by atoms with E-state index in [4.69, 9.17) is 10.5 Å². The molecule has 1 aromatic heterocycles. The fourth-order valence-corrected chi connectivity index (χ4v) is 3.50. The van der Waals surface area contributed by atoms with Crippen LogP contribution in [0.1, 0.15) is 28.1 Å². The smallest absolute Gasteiger partial charge is 0.383 e. The average molecular weight is 566 g/mol. The predicted molar refractivity (Wildman–Crippen MR) is 151 cm³/mol. The Bertz CT molecular complexity index is 1450. The zero-order valence-electron chi connectivity index (χ0n) is 22.7. The second kappa shape index (κ2) is 14.7. The summed E-state index contributed by atoms with van der Waals surface area (Å²) in [7, 11) is 0. The highest BCUT2D eigenvalue weighted by atomic mass is 19.4. The Morgan fingerprint density at radius 2 is 1.90 bits per heavy atom. The van der Waals surface area contributed by atoms with Crippen LogP contribution in [-0.4, -0.2) is 58.3 Å². The van der Waals surface area contributed by atoms with Crippen molar-refractivity contribution in [2.45, 2.75) is 26.6 Å². The summed E-state index contributed by atoms with van der Waals surface area (Å²) in [4.78, 5) is 30.6. The molecule has 2 heterocycles. The first-order valence-corrected chi connectivity index (χ1v) is 12.5. The van der Waals surface area contributed by atoms with E-state index in [-0.39, 0.29) is 23.6 Å². The van der Waals surface area contributed by atoms with Crippen molar-refractivity contribution >= 4 is 23.6 Å². The van der Waals surface area contributed by atoms with Crippen LogP contribution in [0.3, 0.4) is 0 Å². The summed E-state index contributed by atoms with van der Waals surface area (Å²) in [6, 6.07) is 3.75. The van der Waals surface area contributed by atoms with Crippen LogP contribution in [0.2, 0.25) is 0 Å². The molecule has 0 radical (unpaired) electrons. The lowest BCUT2D eigenvalue weighted by molar-refractivity contribution is -0.138. The van der Waals surface area contributed by atoms with Gasteiger partial charge in [0, 0.05) is 68.0 Å². The molecule has 12 heteroatoms. The molecule has 0 aliphatic carbocycles. The van der Waals surface area contributed by atoms with Crippen molar-refractivity contribution in [3.05, 3.63) is 89.3 Å². The van der Waals surface area contributed by atoms with Gasteiger partial charge in [-0.2, -0.15) is 13.2 Å². The third-order valence-electron chi connectivity index (χ3n) is 5.82. The van der Waals surface area contributed by atoms with Crippen molar-refractivity contribution in [2.75, 3.05) is 37.4 Å². The predicted octanol–water partition coefficient (Wildman–Crippen LogP) is 4.18. The number of aryl methyl sites for hydroxylation is 2. The van der Waals surface area contributed by atoms with E-state index >= 15 is 0 Å². The normalized spacial score (nSPS) is 13.9. The number of hydrogen-bond donors (Lipinski definition) is 2. The van der Waals surface area contributed by atoms with Gasteiger partial charge in [-0.25, -0.2) is 4.98 Å². The SMILES string of the molecule is C=C(C#Cc1cnc(C)c(C)nccnc1N)/C=N\C=C\C(=O)Nc1ccc(CN2CCOCC2)c(C(F)(F)F)c1. The van der Waals surface area contributed by atoms with Gasteiger partial charge in [0.2, 0.25) is 5.91 Å². The number of aliphatic imine (C=N–C) groups is 1. The van der Waals surface area contributed by atoms with Gasteiger partial charge in [0.05, 0.1) is 35.7 Å². The van der Waals surface area contributed by atoms with E-state index in [2.05, 4.69) is 43.7 Å². The molecule has 3 N–H and O–H groups in total. The van der Waals surface area contributed by atoms with Crippen molar-refractivity contribution < 1.29 is 22.7 Å². The lowest BCUT2D eigenvalue weighted by Crippen LogP contribution is -2.36. The first-order valence-electron chi connectivity index (χ1n) is 12.5. The molecule has 41 heavy (non-hydrogen) atoms. The molecular weight excluding hydrogens is 535 g/mol. The van der Waals surface area contributed by atoms with E-state index in [9.17, 15) is 18.0 Å². The number of aromatic nitrogens is 3. The van der Waals surface area contributed by atoms with Crippen LogP contribution in [0.5, 0.6) is 0 Å². The number of anilines is 2. The highest BCUT2D eigenvalue weighted by Crippen LogP contribution is 2.34. The number of hydrogen-bond acceptors (Lipinski definition) is 8. The van der Waals surface area contributed by atoms with Crippen LogP contribution >= 0.6 is 0 Å². The van der Waals surface area contributed by atoms with Crippen molar-refractivity contribution in [1.29, 1.82) is 0 Å². The molecule has 1 aromatic carbocycles. The highest BCUT2D eigenvalue weighted by molar-refractivity contribution is 5.99. The Hall–Kier alpha value is -4.60. The second-order valence-corrected chi connectivity index (χ2v) is 8.90. The molecule has 1 amide bonds. The van der Waals surface area contributed by atoms with E-state index in [1.54, 1.807) is 6.92 Å². The van der Waals surface area contributed by atoms with Crippen LogP contribution in [0.25, 0.3) is 0 Å². The van der Waals surface area contributed by atoms with E-state index in [1.165, 1.54) is 43.1 Å². The molecule has 1 aliphatic heterocycles. The van der Waals surface area contributed by atoms with Gasteiger partial charge < -0.3 is 15.8 Å². The molecule has 0 spiro atoms. The number of carbonyl (C=O) groups is 1. The summed E-state index contributed by atoms with van der Waals surface area (Å²) in [5, 5.41) is 2.43. The van der Waals surface area contributed by atoms with Crippen molar-refractivity contribution in [2.24, 2.45) is 4.99 Å². The minimum Gasteiger partial charge on any atom is -0.383 e. The minimum atomic E-state index is -4.57. The largest absolute Gasteiger partial charge is 0.416 e. The van der Waals surface area contributed by atoms with Crippen LogP contribution in [0, 0.1) is 25.7 Å². The molecule has 1 fully saturated rings. The number of nitrogen functional groups attached to an aromatic ring is 1. The van der Waals surface area contributed by atoms with Crippen LogP contribution in [0.15, 0.2) is 66.2 Å². The third-order valence-corrected chi connectivity index (χ3v) is 5.82. The van der Waals surface area contributed by atoms with E-state index in [0.717, 1.165) is 17.8 Å². The van der Waals surface area contributed by atoms with E-state index < -0.39 is 17.6 Å². The summed E-state index contributed by atoms with van der Waals surface area (Å²) in [6.07, 6.45) is 3.43. The highest BCUT2D eigenvalue weighted by Gasteiger charge is 2.34. The van der Waals surface area contributed by atoms with Crippen LogP contribution < -0.4 is 11.1 Å². The molecule has 0 unspecified atom stereocenters. The Morgan fingerprint density at radius 3 is 2.63 bits per heavy atom. The zero-order valence-corrected chi connectivity index (χ0v) is 22.7. The molecule has 214 valence electrons. The number of nitrogens with two attached hydrogens (primary N) is 1. The van der Waals surface area contributed by atoms with Gasteiger partial charge in [-0.15, -0.1) is 0 Å². The molecule has 0 bridgehead atoms. The molecule has 1 aliphatic rings. The van der Waals surface area contributed by atoms with Gasteiger partial charge >= 0.3 is 6.18 Å². The van der Waals surface area contributed by atoms with E-state index in [0.29, 0.717) is 43.1 Å². The summed E-state index contributed by atoms with van der Waals surface area (Å²) in [5.41, 5.74) is 7.39. The first kappa shape index (κ1) is 30.9. The summed E-state index contributed by atoms with van der Waals surface area (Å²) in [5.74, 6) is 5.10. The fraction of sp³-hybridized carbons (Fsp3) is 0.276. The van der Waals surface area contributed by atoms with Crippen LogP contribution in [0.4, 0.5) is 24.7 Å². The Kier molecular flexibility index (Phi) is 11.1. The number of halogens is 3. The number of ether oxygens (including phenoxy) is 1. The number of nitrogens with zero attached hydrogens (tertiary/aromatic N) is 5. The molecule has 9 nitrogen and oxygen atoms in total. The van der Waals surface area contributed by atoms with Crippen molar-refractivity contribution in [1.82, 2.24) is 19.9 Å². The quantitative estimate of drug-likeness (QED) is 0.307. The maximum absolute atomic E-state index is 13.7. The third kappa shape index (κ3) is 10.1. The second-order valence-electron chi connectivity index (χ2n) is 8.90. The van der Waals surface area contributed by atoms with Crippen LogP contribution in [-0.2, 0) is 22.3 Å². The number of allylic oxidation sites excluding steroid dienone is 1. The Labute approximate surface area is 236 Å². The lowest BCUT2D eigenvalue weighted by atomic mass is 10.0. The molecular formula is C29H30F3N7O2. The molecule has 1 saturated heterocycles. The minimum absolute atomic E-state index is 0.0180. The summed E-state index contributed by atoms with van der Waals surface area (Å²) < 4.78 is 46.4. The van der Waals surface area contributed by atoms with Gasteiger partial charge in [0.25, 0.3) is 0 Å². The first-order chi connectivity index (χ1) is 19.5. The standard InChI is InChI=1S/C29H30F3N7O2/c1-20(4-5-23-18-37-22(3)21(2)35-10-11-36-28(23)33)17-34-9-8-27(40)38-25-7-6-24(26(16-25)29(30,31)32)19-39-12-14-41-15-13-39/h6-11,16-18H,1,12-15,19H2,2-3H3,(H2,33,36)(H,38,40)/b9-8+,34-17-. The number of morpholine rings is 1. The number of nitrogens with one attached hydrogen (secondary N) is 1. The monoisotopic (exact) mass is 565 g/mol. The Morgan fingerprint density at radius 1 is 1.20 bits per heavy atom. The summed E-state index contributed by atoms with van der Waals surface area (Å²) >= 11 is 0. The number of rotatable bonds is 6. The molecule has 0 atom stereocenters. The van der Waals surface area contributed by atoms with Gasteiger partial charge in [0.1, 0.15) is 5.82 Å². The summed E-state index contributed by atoms with van der Waals surface area (Å²) in [6.45, 7) is 9.61. The zero-order chi connectivity index (χ0) is 29.8. The van der Waals surface area contributed by atoms with Gasteiger partial charge in [-0.1, -0.05) is 24.5 Å². The molecule has 3 rings (SSSR count). The topological polar surface area (TPSA) is 119 Å². The number of carbonyl (C=O) groups excluding carboxylic acids is 1. The lowest BCUT2D eigenvalue weighted by Gasteiger charge is -2.27. The van der Waals surface area contributed by atoms with Gasteiger partial charge in [0.15, 0.2) is 0 Å². The van der Waals surface area contributed by atoms with Gasteiger partial charge in [-0.05, 0) is 31.5 Å². The molecule has 0 saturated carbocycles. The molecule has 2 aromatic rings. The Balaban J connectivity index is 1.64. The number of alkyl halides is 3. The number of benzene rings is 1. The van der Waals surface area contributed by atoms with E-state index in [1.807, 2.05) is 11.8 Å². The number of amides is 1. The average Bonchev–Trinajstić information content (AvgIpc) is 2.93.